The van der Waals surface area contributed by atoms with Crippen molar-refractivity contribution < 1.29 is 55.1 Å². The van der Waals surface area contributed by atoms with E-state index >= 15 is 0 Å². The van der Waals surface area contributed by atoms with Crippen molar-refractivity contribution >= 4 is 0 Å². The molecule has 2 fully saturated rings. The first kappa shape index (κ1) is 21.6. The molecule has 0 saturated carbocycles. The number of ether oxygens (including phenoxy) is 3. The van der Waals surface area contributed by atoms with Gasteiger partial charge in [-0.05, 0) is 0 Å². The van der Waals surface area contributed by atoms with E-state index in [-0.39, 0.29) is 6.42 Å². The molecule has 0 aromatic heterocycles. The summed E-state index contributed by atoms with van der Waals surface area (Å²) >= 11 is 0. The maximum Gasteiger partial charge on any atom is 0.203 e. The lowest BCUT2D eigenvalue weighted by atomic mass is 9.90. The first-order valence-electron chi connectivity index (χ1n) is 8.14. The summed E-state index contributed by atoms with van der Waals surface area (Å²) in [5, 5.41) is 78.6. The Morgan fingerprint density at radius 3 is 1.96 bits per heavy atom. The molecule has 0 spiro atoms. The van der Waals surface area contributed by atoms with Crippen LogP contribution in [0, 0.1) is 0 Å². The number of rotatable bonds is 6. The Bertz CT molecular complexity index is 473. The van der Waals surface area contributed by atoms with Gasteiger partial charge in [-0.3, -0.25) is 0 Å². The maximum atomic E-state index is 10.4. The standard InChI is InChI=1S/C15H26O11/c1-2-3-15(13(23)11(21)9(19)7(5-17)25-15)26-14-12(22)10(20)8(18)6(4-16)24-14/h2,6-14,16-23H,1,3-5H2/t6-,7-,8-,9+,10+,11+,12-,13-,14-,15+/m1/s1. The zero-order valence-electron chi connectivity index (χ0n) is 13.9. The highest BCUT2D eigenvalue weighted by atomic mass is 16.8. The number of hydrogen-bond acceptors (Lipinski definition) is 11. The van der Waals surface area contributed by atoms with Gasteiger partial charge < -0.3 is 55.1 Å². The molecule has 10 atom stereocenters. The molecule has 2 aliphatic rings. The van der Waals surface area contributed by atoms with E-state index in [1.54, 1.807) is 0 Å². The number of hydrogen-bond donors (Lipinski definition) is 8. The predicted octanol–water partition coefficient (Wildman–Crippen LogP) is -4.45. The molecule has 0 amide bonds. The Labute approximate surface area is 149 Å². The Hall–Kier alpha value is -0.700. The van der Waals surface area contributed by atoms with E-state index in [4.69, 9.17) is 14.2 Å². The van der Waals surface area contributed by atoms with E-state index in [9.17, 15) is 40.9 Å². The third-order valence-corrected chi connectivity index (χ3v) is 4.63. The molecule has 0 aliphatic carbocycles. The van der Waals surface area contributed by atoms with Gasteiger partial charge in [0.05, 0.1) is 13.2 Å². The van der Waals surface area contributed by atoms with Crippen molar-refractivity contribution in [2.45, 2.75) is 67.3 Å². The van der Waals surface area contributed by atoms with Crippen LogP contribution in [0.2, 0.25) is 0 Å². The summed E-state index contributed by atoms with van der Waals surface area (Å²) in [4.78, 5) is 0. The summed E-state index contributed by atoms with van der Waals surface area (Å²) in [6, 6.07) is 0. The molecule has 11 heteroatoms. The Kier molecular flexibility index (Phi) is 7.10. The molecule has 8 N–H and O–H groups in total. The minimum atomic E-state index is -2.08. The summed E-state index contributed by atoms with van der Waals surface area (Å²) in [6.45, 7) is 2.09. The molecule has 0 aromatic carbocycles. The van der Waals surface area contributed by atoms with Gasteiger partial charge in [0.2, 0.25) is 5.79 Å². The van der Waals surface area contributed by atoms with Gasteiger partial charge in [0, 0.05) is 6.42 Å². The molecule has 0 unspecified atom stereocenters. The molecule has 0 aromatic rings. The minimum absolute atomic E-state index is 0.247. The van der Waals surface area contributed by atoms with Crippen molar-refractivity contribution in [2.75, 3.05) is 13.2 Å². The third kappa shape index (κ3) is 3.79. The molecule has 2 aliphatic heterocycles. The molecule has 152 valence electrons. The molecule has 2 heterocycles. The minimum Gasteiger partial charge on any atom is -0.394 e. The van der Waals surface area contributed by atoms with Gasteiger partial charge in [-0.15, -0.1) is 6.58 Å². The van der Waals surface area contributed by atoms with Crippen LogP contribution in [-0.4, -0.2) is 115 Å². The summed E-state index contributed by atoms with van der Waals surface area (Å²) in [7, 11) is 0. The highest BCUT2D eigenvalue weighted by Gasteiger charge is 2.57. The Balaban J connectivity index is 2.29. The van der Waals surface area contributed by atoms with Crippen molar-refractivity contribution in [3.05, 3.63) is 12.7 Å². The van der Waals surface area contributed by atoms with Crippen LogP contribution in [0.5, 0.6) is 0 Å². The maximum absolute atomic E-state index is 10.4. The molecular weight excluding hydrogens is 356 g/mol. The third-order valence-electron chi connectivity index (χ3n) is 4.63. The largest absolute Gasteiger partial charge is 0.394 e. The van der Waals surface area contributed by atoms with Gasteiger partial charge in [-0.1, -0.05) is 6.08 Å². The molecule has 2 rings (SSSR count). The predicted molar refractivity (Wildman–Crippen MR) is 82.4 cm³/mol. The van der Waals surface area contributed by atoms with Gasteiger partial charge in [0.15, 0.2) is 6.29 Å². The normalized spacial score (nSPS) is 49.8. The summed E-state index contributed by atoms with van der Waals surface area (Å²) < 4.78 is 16.2. The van der Waals surface area contributed by atoms with E-state index in [0.717, 1.165) is 0 Å². The molecular formula is C15H26O11. The second-order valence-electron chi connectivity index (χ2n) is 6.38. The second-order valence-corrected chi connectivity index (χ2v) is 6.38. The summed E-state index contributed by atoms with van der Waals surface area (Å²) in [6.07, 6.45) is -13.5. The van der Waals surface area contributed by atoms with Crippen molar-refractivity contribution in [1.82, 2.24) is 0 Å². The molecule has 0 radical (unpaired) electrons. The SMILES string of the molecule is C=CC[C@@]1(O[C@H]2O[C@H](CO)[C@@H](O)[C@H](O)[C@H]2O)O[C@H](CO)[C@H](O)[C@H](O)[C@H]1O. The molecule has 26 heavy (non-hydrogen) atoms. The fourth-order valence-electron chi connectivity index (χ4n) is 3.08. The van der Waals surface area contributed by atoms with Crippen LogP contribution in [-0.2, 0) is 14.2 Å². The van der Waals surface area contributed by atoms with Crippen molar-refractivity contribution in [1.29, 1.82) is 0 Å². The topological polar surface area (TPSA) is 190 Å². The Morgan fingerprint density at radius 1 is 0.846 bits per heavy atom. The lowest BCUT2D eigenvalue weighted by molar-refractivity contribution is -0.421. The van der Waals surface area contributed by atoms with E-state index in [1.165, 1.54) is 6.08 Å². The van der Waals surface area contributed by atoms with E-state index in [2.05, 4.69) is 6.58 Å². The smallest absolute Gasteiger partial charge is 0.203 e. The van der Waals surface area contributed by atoms with E-state index < -0.39 is 74.1 Å². The fourth-order valence-corrected chi connectivity index (χ4v) is 3.08. The summed E-state index contributed by atoms with van der Waals surface area (Å²) in [5.74, 6) is -2.08. The highest BCUT2D eigenvalue weighted by molar-refractivity contribution is 5.01. The monoisotopic (exact) mass is 382 g/mol. The van der Waals surface area contributed by atoms with Crippen molar-refractivity contribution in [3.63, 3.8) is 0 Å². The van der Waals surface area contributed by atoms with Crippen molar-refractivity contribution in [2.24, 2.45) is 0 Å². The lowest BCUT2D eigenvalue weighted by Gasteiger charge is -2.50. The van der Waals surface area contributed by atoms with Crippen LogP contribution in [0.3, 0.4) is 0 Å². The van der Waals surface area contributed by atoms with Crippen LogP contribution in [0.4, 0.5) is 0 Å². The highest BCUT2D eigenvalue weighted by Crippen LogP contribution is 2.37. The van der Waals surface area contributed by atoms with Crippen LogP contribution < -0.4 is 0 Å². The van der Waals surface area contributed by atoms with Gasteiger partial charge in [-0.2, -0.15) is 0 Å². The first-order chi connectivity index (χ1) is 12.2. The molecule has 0 bridgehead atoms. The first-order valence-corrected chi connectivity index (χ1v) is 8.14. The summed E-state index contributed by atoms with van der Waals surface area (Å²) in [5.41, 5.74) is 0. The van der Waals surface area contributed by atoms with Gasteiger partial charge in [0.25, 0.3) is 0 Å². The zero-order valence-corrected chi connectivity index (χ0v) is 13.9. The van der Waals surface area contributed by atoms with Crippen molar-refractivity contribution in [3.8, 4) is 0 Å². The zero-order chi connectivity index (χ0) is 19.6. The number of aliphatic hydroxyl groups is 8. The van der Waals surface area contributed by atoms with E-state index in [0.29, 0.717) is 0 Å². The number of aliphatic hydroxyl groups excluding tert-OH is 8. The van der Waals surface area contributed by atoms with Gasteiger partial charge >= 0.3 is 0 Å². The average Bonchev–Trinajstić information content (AvgIpc) is 2.63. The fraction of sp³-hybridized carbons (Fsp3) is 0.867. The average molecular weight is 382 g/mol. The lowest BCUT2D eigenvalue weighted by Crippen LogP contribution is -2.69. The Morgan fingerprint density at radius 2 is 1.42 bits per heavy atom. The van der Waals surface area contributed by atoms with Crippen LogP contribution in [0.1, 0.15) is 6.42 Å². The quantitative estimate of drug-likeness (QED) is 0.207. The van der Waals surface area contributed by atoms with Crippen LogP contribution >= 0.6 is 0 Å². The molecule has 2 saturated heterocycles. The van der Waals surface area contributed by atoms with E-state index in [1.807, 2.05) is 0 Å². The van der Waals surface area contributed by atoms with Crippen LogP contribution in [0.15, 0.2) is 12.7 Å². The van der Waals surface area contributed by atoms with Gasteiger partial charge in [0.1, 0.15) is 48.8 Å². The molecule has 11 nitrogen and oxygen atoms in total. The second kappa shape index (κ2) is 8.54. The van der Waals surface area contributed by atoms with Gasteiger partial charge in [-0.25, -0.2) is 0 Å². The van der Waals surface area contributed by atoms with Crippen LogP contribution in [0.25, 0.3) is 0 Å².